The van der Waals surface area contributed by atoms with Gasteiger partial charge in [-0.2, -0.15) is 8.78 Å². The third-order valence-electron chi connectivity index (χ3n) is 4.34. The van der Waals surface area contributed by atoms with Gasteiger partial charge in [0, 0.05) is 17.3 Å². The highest BCUT2D eigenvalue weighted by molar-refractivity contribution is 6.52. The van der Waals surface area contributed by atoms with Crippen LogP contribution in [-0.2, 0) is 10.7 Å². The second kappa shape index (κ2) is 7.43. The number of carboxylic acid groups (broad SMARTS) is 1. The van der Waals surface area contributed by atoms with Crippen molar-refractivity contribution in [1.29, 1.82) is 0 Å². The van der Waals surface area contributed by atoms with Crippen molar-refractivity contribution in [2.75, 3.05) is 13.7 Å². The lowest BCUT2D eigenvalue weighted by Crippen LogP contribution is -2.21. The number of pyridine rings is 1. The Morgan fingerprint density at radius 1 is 1.25 bits per heavy atom. The van der Waals surface area contributed by atoms with Crippen LogP contribution in [0.25, 0.3) is 0 Å². The number of carbonyl (C=O) groups is 2. The van der Waals surface area contributed by atoms with E-state index >= 15 is 0 Å². The molecule has 1 aliphatic heterocycles. The molecule has 1 aromatic carbocycles. The van der Waals surface area contributed by atoms with Gasteiger partial charge in [-0.05, 0) is 35.9 Å². The molecule has 2 heterocycles. The maximum Gasteiger partial charge on any atom is 0.312 e. The minimum Gasteiger partial charge on any atom is -0.497 e. The van der Waals surface area contributed by atoms with E-state index in [1.54, 1.807) is 18.2 Å². The molecule has 0 fully saturated rings. The lowest BCUT2D eigenvalue weighted by Gasteiger charge is -2.12. The number of hydrogen-bond donors (Lipinski definition) is 2. The second-order valence-corrected chi connectivity index (χ2v) is 6.17. The minimum absolute atomic E-state index is 0.0222. The maximum atomic E-state index is 13.5. The Labute approximate surface area is 158 Å². The van der Waals surface area contributed by atoms with Crippen molar-refractivity contribution in [3.05, 3.63) is 58.9 Å². The zero-order chi connectivity index (χ0) is 20.5. The summed E-state index contributed by atoms with van der Waals surface area (Å²) in [5.41, 5.74) is 0.401. The van der Waals surface area contributed by atoms with E-state index in [0.29, 0.717) is 16.9 Å². The van der Waals surface area contributed by atoms with Crippen molar-refractivity contribution >= 4 is 17.5 Å². The zero-order valence-electron chi connectivity index (χ0n) is 14.7. The number of rotatable bonds is 7. The Morgan fingerprint density at radius 3 is 2.57 bits per heavy atom. The summed E-state index contributed by atoms with van der Waals surface area (Å²) >= 11 is 0. The number of nitrogens with zero attached hydrogens (tertiary/aromatic N) is 2. The van der Waals surface area contributed by atoms with Crippen LogP contribution in [0.5, 0.6) is 5.75 Å². The summed E-state index contributed by atoms with van der Waals surface area (Å²) in [6.45, 7) is -1.40. The summed E-state index contributed by atoms with van der Waals surface area (Å²) in [5.74, 6) is -4.66. The molecule has 0 bridgehead atoms. The number of halogens is 2. The van der Waals surface area contributed by atoms with Crippen LogP contribution in [0, 0.1) is 0 Å². The molecule has 146 valence electrons. The predicted molar refractivity (Wildman–Crippen MR) is 94.1 cm³/mol. The van der Waals surface area contributed by atoms with Crippen molar-refractivity contribution in [1.82, 2.24) is 4.98 Å². The molecule has 0 aliphatic carbocycles. The monoisotopic (exact) mass is 390 g/mol. The predicted octanol–water partition coefficient (Wildman–Crippen LogP) is 2.38. The summed E-state index contributed by atoms with van der Waals surface area (Å²) in [4.78, 5) is 31.8. The Balaban J connectivity index is 1.96. The van der Waals surface area contributed by atoms with Crippen LogP contribution in [0.2, 0.25) is 0 Å². The Morgan fingerprint density at radius 2 is 2.00 bits per heavy atom. The molecule has 2 N–H and O–H groups in total. The third-order valence-corrected chi connectivity index (χ3v) is 4.34. The number of carbonyl (C=O) groups excluding carboxylic acids is 1. The molecule has 0 spiro atoms. The molecule has 1 atom stereocenters. The van der Waals surface area contributed by atoms with E-state index in [4.69, 9.17) is 14.9 Å². The van der Waals surface area contributed by atoms with Gasteiger partial charge in [-0.3, -0.25) is 19.6 Å². The van der Waals surface area contributed by atoms with Gasteiger partial charge in [0.05, 0.1) is 19.6 Å². The smallest absolute Gasteiger partial charge is 0.312 e. The van der Waals surface area contributed by atoms with Gasteiger partial charge in [0.1, 0.15) is 23.8 Å². The summed E-state index contributed by atoms with van der Waals surface area (Å²) in [5, 5.41) is 17.8. The summed E-state index contributed by atoms with van der Waals surface area (Å²) < 4.78 is 32.1. The molecule has 2 aromatic rings. The molecule has 7 nitrogen and oxygen atoms in total. The number of aliphatic imine (C=N–C) groups is 1. The van der Waals surface area contributed by atoms with Crippen LogP contribution in [0.15, 0.2) is 41.5 Å². The fourth-order valence-corrected chi connectivity index (χ4v) is 2.92. The van der Waals surface area contributed by atoms with Crippen molar-refractivity contribution in [3.8, 4) is 5.75 Å². The Kier molecular flexibility index (Phi) is 5.19. The van der Waals surface area contributed by atoms with E-state index in [1.165, 1.54) is 13.2 Å². The lowest BCUT2D eigenvalue weighted by atomic mass is 9.96. The first kappa shape index (κ1) is 19.6. The molecule has 9 heteroatoms. The highest BCUT2D eigenvalue weighted by Gasteiger charge is 2.34. The van der Waals surface area contributed by atoms with Crippen molar-refractivity contribution in [3.63, 3.8) is 0 Å². The number of Topliss-reactive ketones (excluding diaryl/α,β-unsaturated/α-hetero) is 1. The van der Waals surface area contributed by atoms with Crippen LogP contribution < -0.4 is 4.74 Å². The molecule has 0 amide bonds. The van der Waals surface area contributed by atoms with E-state index in [9.17, 15) is 18.4 Å². The second-order valence-electron chi connectivity index (χ2n) is 6.17. The van der Waals surface area contributed by atoms with Crippen LogP contribution >= 0.6 is 0 Å². The molecule has 0 radical (unpaired) electrons. The number of benzene rings is 1. The topological polar surface area (TPSA) is 109 Å². The Hall–Kier alpha value is -3.20. The fraction of sp³-hybridized carbons (Fsp3) is 0.263. The van der Waals surface area contributed by atoms with Gasteiger partial charge in [0.25, 0.3) is 0 Å². The van der Waals surface area contributed by atoms with E-state index in [0.717, 1.165) is 12.3 Å². The molecule has 3 rings (SSSR count). The van der Waals surface area contributed by atoms with Gasteiger partial charge in [0.2, 0.25) is 5.78 Å². The first-order valence-electron chi connectivity index (χ1n) is 8.24. The number of aromatic nitrogens is 1. The van der Waals surface area contributed by atoms with Gasteiger partial charge in [0.15, 0.2) is 0 Å². The van der Waals surface area contributed by atoms with Crippen LogP contribution in [0.4, 0.5) is 8.78 Å². The lowest BCUT2D eigenvalue weighted by molar-refractivity contribution is -0.137. The summed E-state index contributed by atoms with van der Waals surface area (Å²) in [7, 11) is 1.46. The number of alkyl halides is 2. The maximum absolute atomic E-state index is 13.5. The number of ketones is 1. The van der Waals surface area contributed by atoms with Crippen molar-refractivity contribution < 1.29 is 33.3 Å². The number of aliphatic hydroxyl groups excluding tert-OH is 1. The number of aliphatic hydroxyl groups is 1. The molecule has 1 unspecified atom stereocenters. The van der Waals surface area contributed by atoms with Crippen LogP contribution in [0.1, 0.15) is 39.6 Å². The average Bonchev–Trinajstić information content (AvgIpc) is 3.04. The average molecular weight is 390 g/mol. The van der Waals surface area contributed by atoms with Crippen LogP contribution in [-0.4, -0.2) is 46.4 Å². The van der Waals surface area contributed by atoms with E-state index in [-0.39, 0.29) is 17.7 Å². The Bertz CT molecular complexity index is 957. The molecular formula is C19H16F2N2O5. The molecule has 28 heavy (non-hydrogen) atoms. The van der Waals surface area contributed by atoms with E-state index in [1.807, 2.05) is 0 Å². The highest BCUT2D eigenvalue weighted by atomic mass is 19.3. The minimum atomic E-state index is -3.51. The van der Waals surface area contributed by atoms with Gasteiger partial charge < -0.3 is 14.9 Å². The number of aliphatic carboxylic acids is 1. The van der Waals surface area contributed by atoms with Crippen LogP contribution in [0.3, 0.4) is 0 Å². The molecule has 1 aliphatic rings. The molecule has 1 aromatic heterocycles. The number of fused-ring (bicyclic) bond motifs is 1. The first-order valence-corrected chi connectivity index (χ1v) is 8.24. The number of methoxy groups -OCH3 is 1. The highest BCUT2D eigenvalue weighted by Crippen LogP contribution is 2.35. The fourth-order valence-electron chi connectivity index (χ4n) is 2.92. The summed E-state index contributed by atoms with van der Waals surface area (Å²) in [6.07, 6.45) is 0.675. The van der Waals surface area contributed by atoms with Gasteiger partial charge in [-0.15, -0.1) is 0 Å². The largest absolute Gasteiger partial charge is 0.497 e. The molecule has 0 saturated heterocycles. The van der Waals surface area contributed by atoms with E-state index in [2.05, 4.69) is 9.98 Å². The normalized spacial score (nSPS) is 15.7. The molecular weight excluding hydrogens is 374 g/mol. The van der Waals surface area contributed by atoms with Crippen molar-refractivity contribution in [2.45, 2.75) is 18.4 Å². The third kappa shape index (κ3) is 3.61. The number of hydrogen-bond acceptors (Lipinski definition) is 6. The molecule has 0 saturated carbocycles. The van der Waals surface area contributed by atoms with Gasteiger partial charge in [-0.25, -0.2) is 0 Å². The number of ether oxygens (including phenoxy) is 1. The zero-order valence-corrected chi connectivity index (χ0v) is 14.7. The summed E-state index contributed by atoms with van der Waals surface area (Å²) in [6, 6.07) is 6.22. The first-order chi connectivity index (χ1) is 13.3. The quantitative estimate of drug-likeness (QED) is 0.703. The standard InChI is InChI=1S/C19H16F2N2O5/c1-28-11-3-4-12-13(6-11)14(7-16(25)26)23-17(12)18(27)10-2-5-15(22-8-10)19(20,21)9-24/h2-6,8,14,24H,7,9H2,1H3,(H,25,26). The number of carboxylic acids is 1. The SMILES string of the molecule is COc1ccc2c(c1)C(CC(=O)O)N=C2C(=O)c1ccc(C(F)(F)CO)nc1. The van der Waals surface area contributed by atoms with Crippen molar-refractivity contribution in [2.24, 2.45) is 4.99 Å². The van der Waals surface area contributed by atoms with Gasteiger partial charge in [-0.1, -0.05) is 0 Å². The van der Waals surface area contributed by atoms with E-state index < -0.39 is 36.0 Å². The van der Waals surface area contributed by atoms with Gasteiger partial charge >= 0.3 is 11.9 Å².